The third kappa shape index (κ3) is 5.46. The van der Waals surface area contributed by atoms with Gasteiger partial charge in [0.2, 0.25) is 5.91 Å². The largest absolute Gasteiger partial charge is 0.350 e. The van der Waals surface area contributed by atoms with Crippen LogP contribution in [0.25, 0.3) is 10.8 Å². The Hall–Kier alpha value is -3.85. The molecule has 1 N–H and O–H groups in total. The number of hydrogen-bond donors (Lipinski definition) is 1. The number of benzene rings is 2. The van der Waals surface area contributed by atoms with E-state index in [0.29, 0.717) is 22.0 Å². The first-order valence-electron chi connectivity index (χ1n) is 11.2. The number of sulfone groups is 1. The lowest BCUT2D eigenvalue weighted by atomic mass is 10.1. The van der Waals surface area contributed by atoms with E-state index in [1.807, 2.05) is 18.2 Å². The molecule has 2 heterocycles. The summed E-state index contributed by atoms with van der Waals surface area (Å²) in [6.07, 6.45) is 3.44. The van der Waals surface area contributed by atoms with Crippen LogP contribution in [0.3, 0.4) is 0 Å². The molecule has 2 aromatic heterocycles. The number of carbonyl (C=O) groups is 1. The van der Waals surface area contributed by atoms with Crippen molar-refractivity contribution in [3.8, 4) is 0 Å². The van der Waals surface area contributed by atoms with Crippen molar-refractivity contribution in [2.24, 2.45) is 0 Å². The number of fused-ring (bicyclic) bond motifs is 1. The highest BCUT2D eigenvalue weighted by Gasteiger charge is 2.19. The van der Waals surface area contributed by atoms with Crippen molar-refractivity contribution in [2.75, 3.05) is 0 Å². The van der Waals surface area contributed by atoms with Crippen LogP contribution in [0, 0.1) is 0 Å². The lowest BCUT2D eigenvalue weighted by Gasteiger charge is -2.12. The average molecular weight is 491 g/mol. The van der Waals surface area contributed by atoms with Crippen LogP contribution in [0.2, 0.25) is 0 Å². The van der Waals surface area contributed by atoms with Crippen molar-refractivity contribution in [2.45, 2.75) is 43.5 Å². The fourth-order valence-corrected chi connectivity index (χ4v) is 4.77. The minimum atomic E-state index is -3.36. The Morgan fingerprint density at radius 3 is 2.34 bits per heavy atom. The number of nitrogens with zero attached hydrogens (tertiary/aromatic N) is 3. The molecule has 0 spiro atoms. The average Bonchev–Trinajstić information content (AvgIpc) is 2.86. The summed E-state index contributed by atoms with van der Waals surface area (Å²) >= 11 is 0. The van der Waals surface area contributed by atoms with E-state index >= 15 is 0 Å². The predicted molar refractivity (Wildman–Crippen MR) is 134 cm³/mol. The summed E-state index contributed by atoms with van der Waals surface area (Å²) in [5.74, 6) is -0.236. The molecule has 0 fully saturated rings. The highest BCUT2D eigenvalue weighted by Crippen LogP contribution is 2.17. The molecular formula is C26H26N4O4S. The molecule has 0 atom stereocenters. The summed E-state index contributed by atoms with van der Waals surface area (Å²) in [5, 5.41) is 8.09. The van der Waals surface area contributed by atoms with E-state index in [1.165, 1.54) is 16.8 Å². The molecule has 0 unspecified atom stereocenters. The number of carbonyl (C=O) groups excluding carboxylic acids is 1. The van der Waals surface area contributed by atoms with Gasteiger partial charge < -0.3 is 5.32 Å². The number of nitrogens with one attached hydrogen (secondary N) is 1. The Bertz CT molecular complexity index is 1510. The molecule has 0 saturated heterocycles. The van der Waals surface area contributed by atoms with Gasteiger partial charge in [-0.1, -0.05) is 36.4 Å². The van der Waals surface area contributed by atoms with Crippen molar-refractivity contribution in [1.29, 1.82) is 0 Å². The zero-order valence-electron chi connectivity index (χ0n) is 19.5. The number of hydrogen-bond acceptors (Lipinski definition) is 6. The molecule has 0 saturated carbocycles. The van der Waals surface area contributed by atoms with Gasteiger partial charge in [-0.15, -0.1) is 0 Å². The Balaban J connectivity index is 1.51. The zero-order valence-corrected chi connectivity index (χ0v) is 20.3. The second-order valence-corrected chi connectivity index (χ2v) is 11.0. The lowest BCUT2D eigenvalue weighted by Crippen LogP contribution is -2.29. The van der Waals surface area contributed by atoms with Gasteiger partial charge in [-0.2, -0.15) is 5.10 Å². The van der Waals surface area contributed by atoms with E-state index in [-0.39, 0.29) is 35.9 Å². The maximum absolute atomic E-state index is 13.0. The lowest BCUT2D eigenvalue weighted by molar-refractivity contribution is -0.120. The van der Waals surface area contributed by atoms with Gasteiger partial charge in [0.1, 0.15) is 0 Å². The van der Waals surface area contributed by atoms with E-state index in [2.05, 4.69) is 15.4 Å². The first-order valence-corrected chi connectivity index (χ1v) is 12.8. The number of pyridine rings is 1. The minimum absolute atomic E-state index is 0.0925. The Labute approximate surface area is 203 Å². The van der Waals surface area contributed by atoms with Crippen LogP contribution in [0.1, 0.15) is 30.7 Å². The van der Waals surface area contributed by atoms with E-state index in [9.17, 15) is 18.0 Å². The number of amides is 1. The molecule has 4 rings (SSSR count). The summed E-state index contributed by atoms with van der Waals surface area (Å²) in [6.45, 7) is 3.68. The molecular weight excluding hydrogens is 464 g/mol. The maximum Gasteiger partial charge on any atom is 0.274 e. The van der Waals surface area contributed by atoms with E-state index in [1.54, 1.807) is 56.6 Å². The van der Waals surface area contributed by atoms with E-state index < -0.39 is 15.1 Å². The van der Waals surface area contributed by atoms with Crippen LogP contribution < -0.4 is 10.9 Å². The van der Waals surface area contributed by atoms with Gasteiger partial charge in [0.15, 0.2) is 9.84 Å². The van der Waals surface area contributed by atoms with Gasteiger partial charge >= 0.3 is 0 Å². The molecule has 0 radical (unpaired) electrons. The molecule has 0 aliphatic heterocycles. The number of aromatic nitrogens is 3. The fraction of sp³-hybridized carbons (Fsp3) is 0.231. The molecule has 35 heavy (non-hydrogen) atoms. The van der Waals surface area contributed by atoms with E-state index in [4.69, 9.17) is 0 Å². The van der Waals surface area contributed by atoms with Crippen LogP contribution in [-0.2, 0) is 34.1 Å². The quantitative estimate of drug-likeness (QED) is 0.407. The highest BCUT2D eigenvalue weighted by atomic mass is 32.2. The normalized spacial score (nSPS) is 11.6. The minimum Gasteiger partial charge on any atom is -0.350 e. The van der Waals surface area contributed by atoms with Gasteiger partial charge in [-0.05, 0) is 49.2 Å². The summed E-state index contributed by atoms with van der Waals surface area (Å²) in [6, 6.07) is 17.2. The summed E-state index contributed by atoms with van der Waals surface area (Å²) in [5.41, 5.74) is 1.91. The molecule has 1 amide bonds. The van der Waals surface area contributed by atoms with Gasteiger partial charge in [0, 0.05) is 17.8 Å². The Morgan fingerprint density at radius 1 is 0.971 bits per heavy atom. The standard InChI is InChI=1S/C26H26N4O4S/c1-18(2)35(33,34)21-11-9-19(10-12-21)14-25(31)28-16-24-22-7-3-4-8-23(22)26(32)30(29-24)17-20-6-5-13-27-15-20/h3-13,15,18H,14,16-17H2,1-2H3,(H,28,31). The smallest absolute Gasteiger partial charge is 0.274 e. The monoisotopic (exact) mass is 490 g/mol. The third-order valence-electron chi connectivity index (χ3n) is 5.69. The second-order valence-electron chi connectivity index (χ2n) is 8.51. The first kappa shape index (κ1) is 24.3. The van der Waals surface area contributed by atoms with Crippen molar-refractivity contribution in [1.82, 2.24) is 20.1 Å². The van der Waals surface area contributed by atoms with Crippen LogP contribution in [0.15, 0.2) is 82.7 Å². The molecule has 8 nitrogen and oxygen atoms in total. The first-order chi connectivity index (χ1) is 16.8. The van der Waals surface area contributed by atoms with Crippen LogP contribution in [0.4, 0.5) is 0 Å². The second kappa shape index (κ2) is 10.2. The molecule has 180 valence electrons. The van der Waals surface area contributed by atoms with Gasteiger partial charge in [-0.25, -0.2) is 13.1 Å². The zero-order chi connectivity index (χ0) is 25.0. The Morgan fingerprint density at radius 2 is 1.69 bits per heavy atom. The maximum atomic E-state index is 13.0. The topological polar surface area (TPSA) is 111 Å². The van der Waals surface area contributed by atoms with Gasteiger partial charge in [0.05, 0.1) is 40.7 Å². The molecule has 0 bridgehead atoms. The number of rotatable bonds is 8. The van der Waals surface area contributed by atoms with Crippen molar-refractivity contribution in [3.05, 3.63) is 100 Å². The van der Waals surface area contributed by atoms with Gasteiger partial charge in [0.25, 0.3) is 5.56 Å². The molecule has 0 aliphatic carbocycles. The Kier molecular flexibility index (Phi) is 7.07. The van der Waals surface area contributed by atoms with Crippen molar-refractivity contribution >= 4 is 26.5 Å². The third-order valence-corrected chi connectivity index (χ3v) is 7.86. The SMILES string of the molecule is CC(C)S(=O)(=O)c1ccc(CC(=O)NCc2nn(Cc3cccnc3)c(=O)c3ccccc23)cc1. The van der Waals surface area contributed by atoms with Crippen LogP contribution in [0.5, 0.6) is 0 Å². The fourth-order valence-electron chi connectivity index (χ4n) is 3.71. The highest BCUT2D eigenvalue weighted by molar-refractivity contribution is 7.92. The van der Waals surface area contributed by atoms with Gasteiger partial charge in [-0.3, -0.25) is 14.6 Å². The predicted octanol–water partition coefficient (Wildman–Crippen LogP) is 2.88. The van der Waals surface area contributed by atoms with Crippen molar-refractivity contribution in [3.63, 3.8) is 0 Å². The molecule has 2 aromatic carbocycles. The summed E-state index contributed by atoms with van der Waals surface area (Å²) < 4.78 is 26.0. The summed E-state index contributed by atoms with van der Waals surface area (Å²) in [7, 11) is -3.36. The molecule has 4 aromatic rings. The molecule has 0 aliphatic rings. The van der Waals surface area contributed by atoms with Crippen LogP contribution in [-0.4, -0.2) is 34.3 Å². The molecule has 9 heteroatoms. The van der Waals surface area contributed by atoms with E-state index in [0.717, 1.165) is 5.56 Å². The van der Waals surface area contributed by atoms with Crippen molar-refractivity contribution < 1.29 is 13.2 Å². The summed E-state index contributed by atoms with van der Waals surface area (Å²) in [4.78, 5) is 29.9. The van der Waals surface area contributed by atoms with Crippen LogP contribution >= 0.6 is 0 Å².